The number of pyridine rings is 1. The molecule has 0 unspecified atom stereocenters. The predicted octanol–water partition coefficient (Wildman–Crippen LogP) is 3.52. The average Bonchev–Trinajstić information content (AvgIpc) is 2.46. The molecule has 1 aromatic carbocycles. The fourth-order valence-corrected chi connectivity index (χ4v) is 2.43. The van der Waals surface area contributed by atoms with Gasteiger partial charge in [0.25, 0.3) is 0 Å². The molecule has 0 spiro atoms. The molecule has 0 saturated carbocycles. The number of aryl methyl sites for hydroxylation is 1. The van der Waals surface area contributed by atoms with Crippen LogP contribution in [0.2, 0.25) is 0 Å². The van der Waals surface area contributed by atoms with Gasteiger partial charge in [0, 0.05) is 44.3 Å². The van der Waals surface area contributed by atoms with Gasteiger partial charge in [0.1, 0.15) is 0 Å². The maximum atomic E-state index is 4.06. The van der Waals surface area contributed by atoms with Gasteiger partial charge < -0.3 is 10.2 Å². The fraction of sp³-hybridized carbons (Fsp3) is 0.389. The quantitative estimate of drug-likeness (QED) is 0.879. The van der Waals surface area contributed by atoms with Crippen molar-refractivity contribution in [2.24, 2.45) is 0 Å². The van der Waals surface area contributed by atoms with Crippen LogP contribution in [0.1, 0.15) is 30.5 Å². The number of nitrogens with zero attached hydrogens (tertiary/aromatic N) is 2. The van der Waals surface area contributed by atoms with Crippen molar-refractivity contribution in [3.63, 3.8) is 0 Å². The van der Waals surface area contributed by atoms with E-state index in [4.69, 9.17) is 0 Å². The van der Waals surface area contributed by atoms with Gasteiger partial charge >= 0.3 is 0 Å². The largest absolute Gasteiger partial charge is 0.370 e. The van der Waals surface area contributed by atoms with Crippen LogP contribution in [0.25, 0.3) is 0 Å². The summed E-state index contributed by atoms with van der Waals surface area (Å²) in [4.78, 5) is 6.35. The zero-order valence-corrected chi connectivity index (χ0v) is 13.4. The molecule has 2 aromatic rings. The maximum Gasteiger partial charge on any atom is 0.0427 e. The van der Waals surface area contributed by atoms with E-state index in [0.717, 1.165) is 13.1 Å². The second-order valence-corrected chi connectivity index (χ2v) is 5.87. The third-order valence-corrected chi connectivity index (χ3v) is 3.56. The second kappa shape index (κ2) is 7.23. The van der Waals surface area contributed by atoms with E-state index in [9.17, 15) is 0 Å². The van der Waals surface area contributed by atoms with Crippen LogP contribution in [0.15, 0.2) is 42.7 Å². The van der Waals surface area contributed by atoms with Gasteiger partial charge in [-0.15, -0.1) is 0 Å². The maximum absolute atomic E-state index is 4.06. The summed E-state index contributed by atoms with van der Waals surface area (Å²) < 4.78 is 0. The summed E-state index contributed by atoms with van der Waals surface area (Å²) in [5.41, 5.74) is 5.20. The van der Waals surface area contributed by atoms with E-state index >= 15 is 0 Å². The van der Waals surface area contributed by atoms with E-state index in [1.54, 1.807) is 0 Å². The van der Waals surface area contributed by atoms with E-state index in [-0.39, 0.29) is 0 Å². The monoisotopic (exact) mass is 283 g/mol. The number of anilines is 1. The first-order valence-electron chi connectivity index (χ1n) is 7.49. The van der Waals surface area contributed by atoms with E-state index in [0.29, 0.717) is 6.04 Å². The zero-order valence-electron chi connectivity index (χ0n) is 13.4. The minimum atomic E-state index is 0.513. The second-order valence-electron chi connectivity index (χ2n) is 5.87. The first-order chi connectivity index (χ1) is 10.1. The van der Waals surface area contributed by atoms with E-state index < -0.39 is 0 Å². The lowest BCUT2D eigenvalue weighted by Gasteiger charge is -2.22. The van der Waals surface area contributed by atoms with Gasteiger partial charge in [0.2, 0.25) is 0 Å². The molecular weight excluding hydrogens is 258 g/mol. The standard InChI is InChI=1S/C18H25N3/c1-14(2)20-12-17-5-6-18(15(3)11-17)21(4)13-16-7-9-19-10-8-16/h5-11,14,20H,12-13H2,1-4H3. The molecule has 1 heterocycles. The molecule has 3 nitrogen and oxygen atoms in total. The molecule has 2 rings (SSSR count). The number of rotatable bonds is 6. The molecule has 3 heteroatoms. The Morgan fingerprint density at radius 1 is 1.10 bits per heavy atom. The Kier molecular flexibility index (Phi) is 5.34. The molecule has 0 atom stereocenters. The molecule has 1 N–H and O–H groups in total. The smallest absolute Gasteiger partial charge is 0.0427 e. The van der Waals surface area contributed by atoms with Gasteiger partial charge in [-0.25, -0.2) is 0 Å². The summed E-state index contributed by atoms with van der Waals surface area (Å²) in [6, 6.07) is 11.3. The highest BCUT2D eigenvalue weighted by Gasteiger charge is 2.06. The van der Waals surface area contributed by atoms with Crippen molar-refractivity contribution in [2.45, 2.75) is 39.9 Å². The topological polar surface area (TPSA) is 28.2 Å². The van der Waals surface area contributed by atoms with E-state index in [1.807, 2.05) is 12.4 Å². The van der Waals surface area contributed by atoms with Crippen LogP contribution in [0.4, 0.5) is 5.69 Å². The lowest BCUT2D eigenvalue weighted by atomic mass is 10.1. The summed E-state index contributed by atoms with van der Waals surface area (Å²) >= 11 is 0. The third-order valence-electron chi connectivity index (χ3n) is 3.56. The first kappa shape index (κ1) is 15.5. The van der Waals surface area contributed by atoms with E-state index in [2.05, 4.69) is 73.4 Å². The highest BCUT2D eigenvalue weighted by atomic mass is 15.1. The lowest BCUT2D eigenvalue weighted by molar-refractivity contribution is 0.588. The summed E-state index contributed by atoms with van der Waals surface area (Å²) in [7, 11) is 2.13. The van der Waals surface area contributed by atoms with Crippen LogP contribution in [0.5, 0.6) is 0 Å². The normalized spacial score (nSPS) is 10.9. The van der Waals surface area contributed by atoms with Crippen molar-refractivity contribution in [2.75, 3.05) is 11.9 Å². The Hall–Kier alpha value is -1.87. The molecule has 0 saturated heterocycles. The minimum absolute atomic E-state index is 0.513. The SMILES string of the molecule is Cc1cc(CNC(C)C)ccc1N(C)Cc1ccncc1. The number of hydrogen-bond donors (Lipinski definition) is 1. The van der Waals surface area contributed by atoms with Crippen LogP contribution in [0, 0.1) is 6.92 Å². The van der Waals surface area contributed by atoms with Gasteiger partial charge in [0.05, 0.1) is 0 Å². The third kappa shape index (κ3) is 4.57. The van der Waals surface area contributed by atoms with Crippen molar-refractivity contribution in [1.82, 2.24) is 10.3 Å². The number of aromatic nitrogens is 1. The highest BCUT2D eigenvalue weighted by molar-refractivity contribution is 5.54. The molecule has 0 bridgehead atoms. The van der Waals surface area contributed by atoms with Crippen LogP contribution < -0.4 is 10.2 Å². The Balaban J connectivity index is 2.06. The van der Waals surface area contributed by atoms with Crippen LogP contribution >= 0.6 is 0 Å². The van der Waals surface area contributed by atoms with Crippen LogP contribution in [-0.2, 0) is 13.1 Å². The van der Waals surface area contributed by atoms with Crippen molar-refractivity contribution >= 4 is 5.69 Å². The molecule has 0 aliphatic rings. The summed E-state index contributed by atoms with van der Waals surface area (Å²) in [5.74, 6) is 0. The summed E-state index contributed by atoms with van der Waals surface area (Å²) in [6.45, 7) is 8.34. The predicted molar refractivity (Wildman–Crippen MR) is 89.5 cm³/mol. The number of benzene rings is 1. The zero-order chi connectivity index (χ0) is 15.2. The molecule has 0 radical (unpaired) electrons. The Bertz CT molecular complexity index is 564. The van der Waals surface area contributed by atoms with Crippen LogP contribution in [0.3, 0.4) is 0 Å². The molecule has 1 aromatic heterocycles. The highest BCUT2D eigenvalue weighted by Crippen LogP contribution is 2.21. The molecule has 0 amide bonds. The van der Waals surface area contributed by atoms with Crippen molar-refractivity contribution < 1.29 is 0 Å². The van der Waals surface area contributed by atoms with Gasteiger partial charge in [-0.05, 0) is 41.8 Å². The molecule has 0 aliphatic heterocycles. The average molecular weight is 283 g/mol. The van der Waals surface area contributed by atoms with Gasteiger partial charge in [0.15, 0.2) is 0 Å². The van der Waals surface area contributed by atoms with E-state index in [1.165, 1.54) is 22.4 Å². The Morgan fingerprint density at radius 2 is 1.81 bits per heavy atom. The van der Waals surface area contributed by atoms with Crippen molar-refractivity contribution in [3.05, 3.63) is 59.4 Å². The molecule has 21 heavy (non-hydrogen) atoms. The van der Waals surface area contributed by atoms with Gasteiger partial charge in [-0.3, -0.25) is 4.98 Å². The van der Waals surface area contributed by atoms with Crippen molar-refractivity contribution in [1.29, 1.82) is 0 Å². The summed E-state index contributed by atoms with van der Waals surface area (Å²) in [6.07, 6.45) is 3.69. The number of nitrogens with one attached hydrogen (secondary N) is 1. The van der Waals surface area contributed by atoms with Gasteiger partial charge in [-0.1, -0.05) is 26.0 Å². The molecule has 0 aliphatic carbocycles. The fourth-order valence-electron chi connectivity index (χ4n) is 2.43. The van der Waals surface area contributed by atoms with Crippen molar-refractivity contribution in [3.8, 4) is 0 Å². The van der Waals surface area contributed by atoms with Crippen LogP contribution in [-0.4, -0.2) is 18.1 Å². The summed E-state index contributed by atoms with van der Waals surface area (Å²) in [5, 5.41) is 3.46. The van der Waals surface area contributed by atoms with Gasteiger partial charge in [-0.2, -0.15) is 0 Å². The Morgan fingerprint density at radius 3 is 2.43 bits per heavy atom. The molecule has 0 fully saturated rings. The number of hydrogen-bond acceptors (Lipinski definition) is 3. The molecular formula is C18H25N3. The first-order valence-corrected chi connectivity index (χ1v) is 7.49. The Labute approximate surface area is 128 Å². The lowest BCUT2D eigenvalue weighted by Crippen LogP contribution is -2.22. The molecule has 112 valence electrons. The minimum Gasteiger partial charge on any atom is -0.370 e.